The highest BCUT2D eigenvalue weighted by atomic mass is 19.1. The molecule has 1 saturated carbocycles. The topological polar surface area (TPSA) is 43.9 Å². The molecule has 3 aliphatic heterocycles. The SMILES string of the molecule is O=C1[C@H]2CN(C(=O)C3(F)CC3)C[C@H]2CN1CCN1CCCC1. The summed E-state index contributed by atoms with van der Waals surface area (Å²) >= 11 is 0. The summed E-state index contributed by atoms with van der Waals surface area (Å²) < 4.78 is 13.9. The van der Waals surface area contributed by atoms with Gasteiger partial charge in [0.15, 0.2) is 5.67 Å². The number of alkyl halides is 1. The second-order valence-corrected chi connectivity index (χ2v) is 7.38. The Kier molecular flexibility index (Phi) is 3.40. The fourth-order valence-electron chi connectivity index (χ4n) is 4.19. The Balaban J connectivity index is 1.31. The van der Waals surface area contributed by atoms with Gasteiger partial charge in [-0.25, -0.2) is 4.39 Å². The first-order valence-electron chi connectivity index (χ1n) is 8.56. The van der Waals surface area contributed by atoms with Crippen molar-refractivity contribution in [2.75, 3.05) is 45.8 Å². The lowest BCUT2D eigenvalue weighted by atomic mass is 10.0. The van der Waals surface area contributed by atoms with Gasteiger partial charge in [-0.15, -0.1) is 0 Å². The van der Waals surface area contributed by atoms with E-state index in [-0.39, 0.29) is 23.7 Å². The normalized spacial score (nSPS) is 33.6. The third kappa shape index (κ3) is 2.41. The van der Waals surface area contributed by atoms with E-state index in [0.29, 0.717) is 25.9 Å². The number of nitrogens with zero attached hydrogens (tertiary/aromatic N) is 3. The van der Waals surface area contributed by atoms with Gasteiger partial charge in [-0.05, 0) is 38.8 Å². The van der Waals surface area contributed by atoms with Gasteiger partial charge < -0.3 is 14.7 Å². The van der Waals surface area contributed by atoms with Crippen molar-refractivity contribution in [2.24, 2.45) is 11.8 Å². The molecule has 1 aliphatic carbocycles. The van der Waals surface area contributed by atoms with Gasteiger partial charge in [0.2, 0.25) is 5.91 Å². The smallest absolute Gasteiger partial charge is 0.260 e. The van der Waals surface area contributed by atoms with Gasteiger partial charge in [-0.2, -0.15) is 0 Å². The zero-order valence-electron chi connectivity index (χ0n) is 13.0. The lowest BCUT2D eigenvalue weighted by Gasteiger charge is -2.24. The van der Waals surface area contributed by atoms with Crippen molar-refractivity contribution >= 4 is 11.8 Å². The Morgan fingerprint density at radius 2 is 1.86 bits per heavy atom. The molecule has 4 fully saturated rings. The van der Waals surface area contributed by atoms with E-state index in [4.69, 9.17) is 0 Å². The molecule has 0 radical (unpaired) electrons. The number of rotatable bonds is 4. The van der Waals surface area contributed by atoms with Crippen LogP contribution < -0.4 is 0 Å². The van der Waals surface area contributed by atoms with E-state index in [0.717, 1.165) is 32.7 Å². The molecular formula is C16H24FN3O2. The van der Waals surface area contributed by atoms with Crippen LogP contribution in [-0.4, -0.2) is 78.0 Å². The summed E-state index contributed by atoms with van der Waals surface area (Å²) in [6, 6.07) is 0. The molecule has 0 bridgehead atoms. The maximum absolute atomic E-state index is 13.9. The molecule has 5 nitrogen and oxygen atoms in total. The van der Waals surface area contributed by atoms with Crippen LogP contribution in [0.2, 0.25) is 0 Å². The van der Waals surface area contributed by atoms with E-state index < -0.39 is 5.67 Å². The number of amides is 2. The maximum Gasteiger partial charge on any atom is 0.260 e. The Morgan fingerprint density at radius 1 is 1.14 bits per heavy atom. The predicted octanol–water partition coefficient (Wildman–Crippen LogP) is 0.501. The van der Waals surface area contributed by atoms with Crippen molar-refractivity contribution in [3.05, 3.63) is 0 Å². The molecule has 0 aromatic rings. The number of carbonyl (C=O) groups excluding carboxylic acids is 2. The molecule has 3 saturated heterocycles. The largest absolute Gasteiger partial charge is 0.341 e. The minimum absolute atomic E-state index is 0.0927. The third-order valence-electron chi connectivity index (χ3n) is 5.77. The van der Waals surface area contributed by atoms with Crippen molar-refractivity contribution in [2.45, 2.75) is 31.4 Å². The Morgan fingerprint density at radius 3 is 2.50 bits per heavy atom. The molecule has 122 valence electrons. The van der Waals surface area contributed by atoms with Crippen LogP contribution in [0.3, 0.4) is 0 Å². The molecule has 3 heterocycles. The van der Waals surface area contributed by atoms with Crippen LogP contribution in [0, 0.1) is 11.8 Å². The second kappa shape index (κ2) is 5.18. The minimum atomic E-state index is -1.60. The monoisotopic (exact) mass is 309 g/mol. The number of hydrogen-bond acceptors (Lipinski definition) is 3. The van der Waals surface area contributed by atoms with E-state index in [2.05, 4.69) is 4.90 Å². The number of fused-ring (bicyclic) bond motifs is 1. The average molecular weight is 309 g/mol. The van der Waals surface area contributed by atoms with Crippen molar-refractivity contribution in [3.8, 4) is 0 Å². The molecule has 0 aromatic carbocycles. The molecule has 0 N–H and O–H groups in total. The van der Waals surface area contributed by atoms with Crippen LogP contribution in [0.4, 0.5) is 4.39 Å². The quantitative estimate of drug-likeness (QED) is 0.760. The fourth-order valence-corrected chi connectivity index (χ4v) is 4.19. The standard InChI is InChI=1S/C16H24FN3O2/c17-16(3-4-16)15(22)20-10-12-9-19(14(21)13(12)11-20)8-7-18-5-1-2-6-18/h12-13H,1-11H2/t12-,13+/m1/s1. The summed E-state index contributed by atoms with van der Waals surface area (Å²) in [6.07, 6.45) is 3.24. The molecule has 0 unspecified atom stereocenters. The highest BCUT2D eigenvalue weighted by Crippen LogP contribution is 2.43. The van der Waals surface area contributed by atoms with E-state index in [9.17, 15) is 14.0 Å². The predicted molar refractivity (Wildman–Crippen MR) is 78.9 cm³/mol. The fraction of sp³-hybridized carbons (Fsp3) is 0.875. The Labute approximate surface area is 130 Å². The first-order valence-corrected chi connectivity index (χ1v) is 8.56. The van der Waals surface area contributed by atoms with Crippen LogP contribution in [-0.2, 0) is 9.59 Å². The van der Waals surface area contributed by atoms with Gasteiger partial charge in [0.05, 0.1) is 5.92 Å². The number of likely N-dealkylation sites (tertiary alicyclic amines) is 3. The van der Waals surface area contributed by atoms with Crippen LogP contribution in [0.15, 0.2) is 0 Å². The van der Waals surface area contributed by atoms with Crippen molar-refractivity contribution < 1.29 is 14.0 Å². The zero-order chi connectivity index (χ0) is 15.3. The van der Waals surface area contributed by atoms with E-state index in [1.165, 1.54) is 12.8 Å². The van der Waals surface area contributed by atoms with Crippen LogP contribution in [0.5, 0.6) is 0 Å². The Bertz CT molecular complexity index is 488. The first-order chi connectivity index (χ1) is 10.6. The number of hydrogen-bond donors (Lipinski definition) is 0. The summed E-state index contributed by atoms with van der Waals surface area (Å²) in [5.41, 5.74) is -1.60. The maximum atomic E-state index is 13.9. The first kappa shape index (κ1) is 14.4. The van der Waals surface area contributed by atoms with Crippen LogP contribution in [0.1, 0.15) is 25.7 Å². The van der Waals surface area contributed by atoms with E-state index in [1.54, 1.807) is 4.90 Å². The summed E-state index contributed by atoms with van der Waals surface area (Å²) in [6.45, 7) is 5.77. The average Bonchev–Trinajstić information content (AvgIpc) is 2.90. The molecule has 4 aliphatic rings. The third-order valence-corrected chi connectivity index (χ3v) is 5.77. The molecule has 6 heteroatoms. The van der Waals surface area contributed by atoms with Crippen LogP contribution in [0.25, 0.3) is 0 Å². The molecular weight excluding hydrogens is 285 g/mol. The van der Waals surface area contributed by atoms with Crippen molar-refractivity contribution in [3.63, 3.8) is 0 Å². The van der Waals surface area contributed by atoms with Crippen molar-refractivity contribution in [1.29, 1.82) is 0 Å². The molecule has 2 atom stereocenters. The van der Waals surface area contributed by atoms with E-state index >= 15 is 0 Å². The van der Waals surface area contributed by atoms with Gasteiger partial charge in [-0.1, -0.05) is 0 Å². The zero-order valence-corrected chi connectivity index (χ0v) is 13.0. The number of carbonyl (C=O) groups is 2. The highest BCUT2D eigenvalue weighted by molar-refractivity contribution is 5.90. The number of halogens is 1. The van der Waals surface area contributed by atoms with E-state index in [1.807, 2.05) is 4.90 Å². The molecule has 2 amide bonds. The van der Waals surface area contributed by atoms with Gasteiger partial charge >= 0.3 is 0 Å². The molecule has 0 aromatic heterocycles. The van der Waals surface area contributed by atoms with Crippen LogP contribution >= 0.6 is 0 Å². The van der Waals surface area contributed by atoms with Gasteiger partial charge in [0.1, 0.15) is 0 Å². The molecule has 22 heavy (non-hydrogen) atoms. The second-order valence-electron chi connectivity index (χ2n) is 7.38. The lowest BCUT2D eigenvalue weighted by Crippen LogP contribution is -2.41. The summed E-state index contributed by atoms with van der Waals surface area (Å²) in [4.78, 5) is 30.5. The van der Waals surface area contributed by atoms with Gasteiger partial charge in [0, 0.05) is 38.6 Å². The molecule has 0 spiro atoms. The summed E-state index contributed by atoms with van der Waals surface area (Å²) in [5, 5.41) is 0. The summed E-state index contributed by atoms with van der Waals surface area (Å²) in [5.74, 6) is -0.0937. The summed E-state index contributed by atoms with van der Waals surface area (Å²) in [7, 11) is 0. The minimum Gasteiger partial charge on any atom is -0.341 e. The highest BCUT2D eigenvalue weighted by Gasteiger charge is 2.56. The van der Waals surface area contributed by atoms with Gasteiger partial charge in [-0.3, -0.25) is 9.59 Å². The Hall–Kier alpha value is -1.17. The lowest BCUT2D eigenvalue weighted by molar-refractivity contribution is -0.138. The molecule has 4 rings (SSSR count). The van der Waals surface area contributed by atoms with Crippen molar-refractivity contribution in [1.82, 2.24) is 14.7 Å². The van der Waals surface area contributed by atoms with Gasteiger partial charge in [0.25, 0.3) is 5.91 Å².